The van der Waals surface area contributed by atoms with Crippen LogP contribution in [0.15, 0.2) is 61.2 Å². The van der Waals surface area contributed by atoms with Gasteiger partial charge in [0.25, 0.3) is 0 Å². The molecule has 11 nitrogen and oxygen atoms in total. The first-order valence-electron chi connectivity index (χ1n) is 17.3. The molecule has 1 unspecified atom stereocenters. The molecule has 2 amide bonds. The predicted octanol–water partition coefficient (Wildman–Crippen LogP) is 6.16. The van der Waals surface area contributed by atoms with E-state index in [-0.39, 0.29) is 83.7 Å². The second kappa shape index (κ2) is 14.2. The van der Waals surface area contributed by atoms with Crippen molar-refractivity contribution in [1.82, 2.24) is 15.3 Å². The number of anilines is 3. The summed E-state index contributed by atoms with van der Waals surface area (Å²) in [5.41, 5.74) is 0.0163. The highest BCUT2D eigenvalue weighted by atomic mass is 19.1. The number of carbonyl (C=O) groups is 2. The molecular formula is C39H37F3N6O5. The molecule has 0 radical (unpaired) electrons. The quantitative estimate of drug-likeness (QED) is 0.163. The van der Waals surface area contributed by atoms with Gasteiger partial charge in [-0.05, 0) is 74.0 Å². The first-order chi connectivity index (χ1) is 25.5. The molecule has 2 saturated heterocycles. The Morgan fingerprint density at radius 2 is 1.98 bits per heavy atom. The number of nitrogens with one attached hydrogen (secondary N) is 1. The Morgan fingerprint density at radius 3 is 2.74 bits per heavy atom. The van der Waals surface area contributed by atoms with Gasteiger partial charge in [0.2, 0.25) is 5.91 Å². The summed E-state index contributed by atoms with van der Waals surface area (Å²) in [4.78, 5) is 40.4. The van der Waals surface area contributed by atoms with Gasteiger partial charge in [-0.15, -0.1) is 6.42 Å². The molecule has 0 aliphatic carbocycles. The summed E-state index contributed by atoms with van der Waals surface area (Å²) >= 11 is 0. The van der Waals surface area contributed by atoms with E-state index in [0.29, 0.717) is 30.6 Å². The molecule has 0 saturated carbocycles. The lowest BCUT2D eigenvalue weighted by molar-refractivity contribution is -0.117. The van der Waals surface area contributed by atoms with Crippen LogP contribution in [0.1, 0.15) is 43.9 Å². The van der Waals surface area contributed by atoms with Gasteiger partial charge < -0.3 is 29.7 Å². The van der Waals surface area contributed by atoms with Gasteiger partial charge in [-0.3, -0.25) is 9.69 Å². The summed E-state index contributed by atoms with van der Waals surface area (Å²) in [6.45, 7) is 6.06. The molecule has 0 bridgehead atoms. The van der Waals surface area contributed by atoms with Gasteiger partial charge in [-0.1, -0.05) is 18.6 Å². The van der Waals surface area contributed by atoms with E-state index < -0.39 is 29.4 Å². The third kappa shape index (κ3) is 6.98. The molecule has 3 aliphatic heterocycles. The number of aromatic hydroxyl groups is 1. The number of carbonyl (C=O) groups excluding carboxylic acids is 2. The van der Waals surface area contributed by atoms with Gasteiger partial charge in [0.05, 0.1) is 23.3 Å². The SMILES string of the molecule is C#Cc1c(F)ccc2cc(O)cc(N3Cc4nc(OC[C@]5(C)C[C@@H](F)CN5c5ccc(F)cc5)nc(N5CCCCC(NC(=O)C=C)C5)c4OC3=O)c12. The zero-order chi connectivity index (χ0) is 37.4. The third-order valence-electron chi connectivity index (χ3n) is 9.93. The van der Waals surface area contributed by atoms with E-state index in [2.05, 4.69) is 22.8 Å². The van der Waals surface area contributed by atoms with Crippen LogP contribution >= 0.6 is 0 Å². The Labute approximate surface area is 304 Å². The standard InChI is InChI=1S/C39H37F3N6O5/c1-4-29-30(42)14-9-23-16-28(49)17-32(34(23)29)47-21-31-35(53-38(47)51)36(46-15-7-6-8-26(20-46)43-33(50)5-2)45-37(44-31)52-22-39(3)18-25(41)19-48(39)27-12-10-24(40)11-13-27/h1,5,9-14,16-17,25-26,49H,2,6-8,15,18-22H2,3H3,(H,43,50)/t25-,26?,39+/m1/s1. The van der Waals surface area contributed by atoms with Crippen LogP contribution in [0.4, 0.5) is 35.2 Å². The summed E-state index contributed by atoms with van der Waals surface area (Å²) in [6, 6.07) is 10.8. The highest BCUT2D eigenvalue weighted by Crippen LogP contribution is 2.42. The maximum Gasteiger partial charge on any atom is 0.420 e. The highest BCUT2D eigenvalue weighted by Gasteiger charge is 2.44. The Morgan fingerprint density at radius 1 is 1.19 bits per heavy atom. The second-order valence-corrected chi connectivity index (χ2v) is 13.7. The lowest BCUT2D eigenvalue weighted by Crippen LogP contribution is -2.46. The molecule has 14 heteroatoms. The Hall–Kier alpha value is -5.97. The van der Waals surface area contributed by atoms with E-state index in [1.807, 2.05) is 16.7 Å². The highest BCUT2D eigenvalue weighted by molar-refractivity contribution is 6.06. The minimum atomic E-state index is -1.17. The molecule has 4 heterocycles. The maximum absolute atomic E-state index is 15.0. The van der Waals surface area contributed by atoms with Gasteiger partial charge in [0, 0.05) is 49.2 Å². The molecule has 274 valence electrons. The van der Waals surface area contributed by atoms with Crippen LogP contribution in [0.2, 0.25) is 0 Å². The van der Waals surface area contributed by atoms with Gasteiger partial charge >= 0.3 is 12.1 Å². The number of ether oxygens (including phenoxy) is 2. The number of amides is 2. The minimum absolute atomic E-state index is 0.0491. The summed E-state index contributed by atoms with van der Waals surface area (Å²) in [6.07, 6.45) is 7.27. The molecule has 53 heavy (non-hydrogen) atoms. The maximum atomic E-state index is 15.0. The number of nitrogens with zero attached hydrogens (tertiary/aromatic N) is 5. The van der Waals surface area contributed by atoms with E-state index in [1.165, 1.54) is 47.4 Å². The van der Waals surface area contributed by atoms with Crippen molar-refractivity contribution in [1.29, 1.82) is 0 Å². The lowest BCUT2D eigenvalue weighted by Gasteiger charge is -2.36. The normalized spacial score (nSPS) is 21.4. The summed E-state index contributed by atoms with van der Waals surface area (Å²) in [5.74, 6) is 1.08. The van der Waals surface area contributed by atoms with E-state index >= 15 is 0 Å². The van der Waals surface area contributed by atoms with E-state index in [1.54, 1.807) is 12.1 Å². The van der Waals surface area contributed by atoms with Crippen LogP contribution in [-0.2, 0) is 11.3 Å². The van der Waals surface area contributed by atoms with E-state index in [0.717, 1.165) is 12.8 Å². The fourth-order valence-electron chi connectivity index (χ4n) is 7.43. The molecule has 0 spiro atoms. The predicted molar refractivity (Wildman–Crippen MR) is 193 cm³/mol. The van der Waals surface area contributed by atoms with Crippen molar-refractivity contribution in [2.75, 3.05) is 40.9 Å². The van der Waals surface area contributed by atoms with Crippen LogP contribution in [0.3, 0.4) is 0 Å². The number of rotatable bonds is 8. The number of aromatic nitrogens is 2. The van der Waals surface area contributed by atoms with E-state index in [4.69, 9.17) is 20.9 Å². The van der Waals surface area contributed by atoms with Crippen LogP contribution in [0, 0.1) is 24.0 Å². The van der Waals surface area contributed by atoms with Crippen molar-refractivity contribution in [2.24, 2.45) is 0 Å². The van der Waals surface area contributed by atoms with Gasteiger partial charge in [-0.2, -0.15) is 9.97 Å². The molecule has 3 aromatic carbocycles. The van der Waals surface area contributed by atoms with Crippen molar-refractivity contribution in [2.45, 2.75) is 56.9 Å². The Bertz CT molecular complexity index is 2140. The number of fused-ring (bicyclic) bond motifs is 2. The number of hydrogen-bond donors (Lipinski definition) is 2. The van der Waals surface area contributed by atoms with Gasteiger partial charge in [-0.25, -0.2) is 18.0 Å². The molecule has 7 rings (SSSR count). The largest absolute Gasteiger partial charge is 0.508 e. The van der Waals surface area contributed by atoms with Crippen LogP contribution < -0.4 is 29.5 Å². The number of alkyl halides is 1. The third-order valence-corrected chi connectivity index (χ3v) is 9.93. The Kier molecular flexibility index (Phi) is 9.50. The van der Waals surface area contributed by atoms with E-state index in [9.17, 15) is 27.9 Å². The van der Waals surface area contributed by atoms with Crippen molar-refractivity contribution in [3.8, 4) is 29.9 Å². The average Bonchev–Trinajstić information content (AvgIpc) is 3.27. The molecule has 3 aliphatic rings. The van der Waals surface area contributed by atoms with Crippen molar-refractivity contribution < 1.29 is 37.3 Å². The average molecular weight is 727 g/mol. The summed E-state index contributed by atoms with van der Waals surface area (Å²) < 4.78 is 55.9. The number of phenols is 1. The second-order valence-electron chi connectivity index (χ2n) is 13.7. The van der Waals surface area contributed by atoms with Crippen molar-refractivity contribution in [3.63, 3.8) is 0 Å². The van der Waals surface area contributed by atoms with Crippen LogP contribution in [0.5, 0.6) is 17.5 Å². The first-order valence-corrected chi connectivity index (χ1v) is 17.3. The molecule has 2 fully saturated rings. The van der Waals surface area contributed by atoms with Crippen molar-refractivity contribution >= 4 is 40.0 Å². The summed E-state index contributed by atoms with van der Waals surface area (Å²) in [5, 5.41) is 14.2. The number of benzene rings is 3. The smallest absolute Gasteiger partial charge is 0.420 e. The monoisotopic (exact) mass is 726 g/mol. The summed E-state index contributed by atoms with van der Waals surface area (Å²) in [7, 11) is 0. The minimum Gasteiger partial charge on any atom is -0.508 e. The van der Waals surface area contributed by atoms with Crippen LogP contribution in [0.25, 0.3) is 10.8 Å². The molecule has 2 N–H and O–H groups in total. The van der Waals surface area contributed by atoms with Crippen LogP contribution in [-0.4, -0.2) is 71.1 Å². The molecule has 1 aromatic heterocycles. The van der Waals surface area contributed by atoms with Gasteiger partial charge in [0.15, 0.2) is 11.6 Å². The molecular weight excluding hydrogens is 689 g/mol. The topological polar surface area (TPSA) is 120 Å². The fraction of sp³-hybridized carbons (Fsp3) is 0.333. The first kappa shape index (κ1) is 35.4. The number of phenolic OH excluding ortho intramolecular Hbond substituents is 1. The fourth-order valence-corrected chi connectivity index (χ4v) is 7.43. The zero-order valence-electron chi connectivity index (χ0n) is 28.9. The number of terminal acetylenes is 1. The molecule has 4 aromatic rings. The lowest BCUT2D eigenvalue weighted by atomic mass is 9.99. The van der Waals surface area contributed by atoms with Gasteiger partial charge in [0.1, 0.15) is 35.9 Å². The number of halogens is 3. The van der Waals surface area contributed by atoms with Crippen molar-refractivity contribution in [3.05, 3.63) is 84.1 Å². The Balaban J connectivity index is 1.28. The number of hydrogen-bond acceptors (Lipinski definition) is 9. The molecule has 3 atom stereocenters. The zero-order valence-corrected chi connectivity index (χ0v) is 28.9.